The van der Waals surface area contributed by atoms with E-state index in [1.54, 1.807) is 16.4 Å². The maximum absolute atomic E-state index is 12.8. The molecule has 0 spiro atoms. The summed E-state index contributed by atoms with van der Waals surface area (Å²) in [6.45, 7) is 4.75. The first-order valence-electron chi connectivity index (χ1n) is 9.51. The molecule has 3 aliphatic rings. The van der Waals surface area contributed by atoms with E-state index < -0.39 is 10.0 Å². The molecule has 3 fully saturated rings. The van der Waals surface area contributed by atoms with E-state index in [0.717, 1.165) is 43.6 Å². The van der Waals surface area contributed by atoms with Gasteiger partial charge in [0, 0.05) is 32.2 Å². The quantitative estimate of drug-likeness (QED) is 0.845. The molecule has 1 saturated carbocycles. The second kappa shape index (κ2) is 6.89. The van der Waals surface area contributed by atoms with Gasteiger partial charge in [0.15, 0.2) is 0 Å². The van der Waals surface area contributed by atoms with Crippen molar-refractivity contribution < 1.29 is 13.2 Å². The van der Waals surface area contributed by atoms with Gasteiger partial charge in [-0.1, -0.05) is 6.92 Å². The predicted molar refractivity (Wildman–Crippen MR) is 102 cm³/mol. The van der Waals surface area contributed by atoms with Gasteiger partial charge in [-0.15, -0.1) is 11.3 Å². The lowest BCUT2D eigenvalue weighted by molar-refractivity contribution is 0.0784. The van der Waals surface area contributed by atoms with E-state index in [2.05, 4.69) is 6.92 Å². The third-order valence-corrected chi connectivity index (χ3v) is 9.77. The van der Waals surface area contributed by atoms with Crippen molar-refractivity contribution in [1.82, 2.24) is 9.21 Å². The maximum atomic E-state index is 12.8. The topological polar surface area (TPSA) is 83.7 Å². The largest absolute Gasteiger partial charge is 0.337 e. The van der Waals surface area contributed by atoms with Gasteiger partial charge in [-0.3, -0.25) is 4.79 Å². The number of sulfonamides is 1. The molecule has 3 unspecified atom stereocenters. The predicted octanol–water partition coefficient (Wildman–Crippen LogP) is 1.98. The zero-order chi connectivity index (χ0) is 18.5. The number of nitrogens with two attached hydrogens (primary N) is 1. The average Bonchev–Trinajstić information content (AvgIpc) is 3.32. The van der Waals surface area contributed by atoms with Crippen LogP contribution >= 0.6 is 11.3 Å². The van der Waals surface area contributed by atoms with Crippen molar-refractivity contribution in [2.24, 2.45) is 23.5 Å². The SMILES string of the molecule is CC1CCN(S(=O)(=O)c2ccc(C(=O)N3CC4CCC(N)C4C3)s2)CC1. The molecule has 3 heterocycles. The summed E-state index contributed by atoms with van der Waals surface area (Å²) >= 11 is 1.11. The van der Waals surface area contributed by atoms with E-state index in [-0.39, 0.29) is 16.2 Å². The number of thiophene rings is 1. The highest BCUT2D eigenvalue weighted by atomic mass is 32.2. The molecule has 2 N–H and O–H groups in total. The van der Waals surface area contributed by atoms with Gasteiger partial charge in [0.2, 0.25) is 0 Å². The Kier molecular flexibility index (Phi) is 4.88. The molecule has 0 radical (unpaired) electrons. The standard InChI is InChI=1S/C18H27N3O3S2/c1-12-6-8-21(9-7-12)26(23,24)17-5-4-16(25-17)18(22)20-10-13-2-3-15(19)14(13)11-20/h4-5,12-15H,2-3,6-11,19H2,1H3. The Morgan fingerprint density at radius 2 is 1.88 bits per heavy atom. The molecule has 3 atom stereocenters. The fraction of sp³-hybridized carbons (Fsp3) is 0.722. The van der Waals surface area contributed by atoms with Crippen LogP contribution in [-0.2, 0) is 10.0 Å². The van der Waals surface area contributed by atoms with Crippen LogP contribution in [0.25, 0.3) is 0 Å². The molecule has 0 bridgehead atoms. The zero-order valence-electron chi connectivity index (χ0n) is 15.1. The Morgan fingerprint density at radius 1 is 1.15 bits per heavy atom. The lowest BCUT2D eigenvalue weighted by Crippen LogP contribution is -2.37. The lowest BCUT2D eigenvalue weighted by Gasteiger charge is -2.28. The highest BCUT2D eigenvalue weighted by Crippen LogP contribution is 2.38. The lowest BCUT2D eigenvalue weighted by atomic mass is 9.98. The third kappa shape index (κ3) is 3.21. The van der Waals surface area contributed by atoms with Gasteiger partial charge < -0.3 is 10.6 Å². The molecule has 4 rings (SSSR count). The van der Waals surface area contributed by atoms with Crippen LogP contribution < -0.4 is 5.73 Å². The van der Waals surface area contributed by atoms with Gasteiger partial charge in [-0.25, -0.2) is 8.42 Å². The van der Waals surface area contributed by atoms with Crippen molar-refractivity contribution in [3.8, 4) is 0 Å². The fourth-order valence-corrected chi connectivity index (χ4v) is 7.45. The van der Waals surface area contributed by atoms with Gasteiger partial charge >= 0.3 is 0 Å². The average molecular weight is 398 g/mol. The van der Waals surface area contributed by atoms with Crippen LogP contribution in [0, 0.1) is 17.8 Å². The van der Waals surface area contributed by atoms with E-state index in [1.807, 2.05) is 4.90 Å². The molecule has 8 heteroatoms. The summed E-state index contributed by atoms with van der Waals surface area (Å²) < 4.78 is 27.5. The Labute approximate surface area is 159 Å². The molecule has 6 nitrogen and oxygen atoms in total. The van der Waals surface area contributed by atoms with Gasteiger partial charge in [0.25, 0.3) is 15.9 Å². The van der Waals surface area contributed by atoms with E-state index in [4.69, 9.17) is 5.73 Å². The minimum absolute atomic E-state index is 0.0506. The number of piperidine rings is 1. The fourth-order valence-electron chi connectivity index (χ4n) is 4.56. The smallest absolute Gasteiger partial charge is 0.263 e. The molecule has 1 amide bonds. The molecular weight excluding hydrogens is 370 g/mol. The number of likely N-dealkylation sites (tertiary alicyclic amines) is 1. The molecule has 0 aromatic carbocycles. The second-order valence-corrected chi connectivity index (χ2v) is 11.3. The van der Waals surface area contributed by atoms with Crippen LogP contribution in [0.1, 0.15) is 42.3 Å². The molecule has 1 aromatic rings. The number of hydrogen-bond acceptors (Lipinski definition) is 5. The first-order valence-corrected chi connectivity index (χ1v) is 11.8. The van der Waals surface area contributed by atoms with Crippen molar-refractivity contribution in [3.63, 3.8) is 0 Å². The third-order valence-electron chi connectivity index (χ3n) is 6.33. The molecule has 1 aliphatic carbocycles. The number of fused-ring (bicyclic) bond motifs is 1. The summed E-state index contributed by atoms with van der Waals surface area (Å²) in [6.07, 6.45) is 3.93. The van der Waals surface area contributed by atoms with Crippen molar-refractivity contribution in [1.29, 1.82) is 0 Å². The monoisotopic (exact) mass is 397 g/mol. The van der Waals surface area contributed by atoms with Gasteiger partial charge in [-0.2, -0.15) is 4.31 Å². The van der Waals surface area contributed by atoms with Crippen LogP contribution in [0.15, 0.2) is 16.3 Å². The van der Waals surface area contributed by atoms with E-state index in [9.17, 15) is 13.2 Å². The molecular formula is C18H27N3O3S2. The minimum Gasteiger partial charge on any atom is -0.337 e. The highest BCUT2D eigenvalue weighted by Gasteiger charge is 2.43. The van der Waals surface area contributed by atoms with Gasteiger partial charge in [0.05, 0.1) is 4.88 Å². The van der Waals surface area contributed by atoms with E-state index in [0.29, 0.717) is 42.3 Å². The van der Waals surface area contributed by atoms with Crippen LogP contribution in [0.4, 0.5) is 0 Å². The molecule has 2 saturated heterocycles. The minimum atomic E-state index is -3.48. The summed E-state index contributed by atoms with van der Waals surface area (Å²) in [5, 5.41) is 0. The summed E-state index contributed by atoms with van der Waals surface area (Å²) in [5.41, 5.74) is 6.15. The Bertz CT molecular complexity index is 783. The summed E-state index contributed by atoms with van der Waals surface area (Å²) in [5.74, 6) is 1.43. The number of amides is 1. The molecule has 144 valence electrons. The first kappa shape index (κ1) is 18.4. The number of nitrogens with zero attached hydrogens (tertiary/aromatic N) is 2. The Balaban J connectivity index is 1.47. The number of rotatable bonds is 3. The number of carbonyl (C=O) groups excluding carboxylic acids is 1. The maximum Gasteiger partial charge on any atom is 0.263 e. The molecule has 26 heavy (non-hydrogen) atoms. The summed E-state index contributed by atoms with van der Waals surface area (Å²) in [4.78, 5) is 15.2. The Hall–Kier alpha value is -0.960. The van der Waals surface area contributed by atoms with Crippen LogP contribution in [0.5, 0.6) is 0 Å². The number of carbonyl (C=O) groups is 1. The first-order chi connectivity index (χ1) is 12.4. The van der Waals surface area contributed by atoms with Gasteiger partial charge in [0.1, 0.15) is 4.21 Å². The Morgan fingerprint density at radius 3 is 2.58 bits per heavy atom. The highest BCUT2D eigenvalue weighted by molar-refractivity contribution is 7.91. The van der Waals surface area contributed by atoms with Crippen molar-refractivity contribution in [3.05, 3.63) is 17.0 Å². The number of hydrogen-bond donors (Lipinski definition) is 1. The van der Waals surface area contributed by atoms with E-state index >= 15 is 0 Å². The van der Waals surface area contributed by atoms with Crippen molar-refractivity contribution in [2.75, 3.05) is 26.2 Å². The van der Waals surface area contributed by atoms with E-state index in [1.165, 1.54) is 0 Å². The normalized spacial score (nSPS) is 30.7. The summed E-state index contributed by atoms with van der Waals surface area (Å²) in [7, 11) is -3.48. The van der Waals surface area contributed by atoms with Crippen LogP contribution in [0.2, 0.25) is 0 Å². The van der Waals surface area contributed by atoms with Crippen molar-refractivity contribution >= 4 is 27.3 Å². The van der Waals surface area contributed by atoms with Gasteiger partial charge in [-0.05, 0) is 55.6 Å². The molecule has 1 aromatic heterocycles. The zero-order valence-corrected chi connectivity index (χ0v) is 16.8. The van der Waals surface area contributed by atoms with Crippen LogP contribution in [-0.4, -0.2) is 55.8 Å². The van der Waals surface area contributed by atoms with Crippen molar-refractivity contribution in [2.45, 2.75) is 42.9 Å². The second-order valence-electron chi connectivity index (χ2n) is 8.08. The summed E-state index contributed by atoms with van der Waals surface area (Å²) in [6, 6.07) is 3.45. The molecule has 2 aliphatic heterocycles. The van der Waals surface area contributed by atoms with Crippen LogP contribution in [0.3, 0.4) is 0 Å².